The number of fused-ring (bicyclic) bond motifs is 1. The highest BCUT2D eigenvalue weighted by atomic mass is 32.1. The third kappa shape index (κ3) is 5.23. The Balaban J connectivity index is 1.51. The van der Waals surface area contributed by atoms with Crippen LogP contribution in [0.15, 0.2) is 36.4 Å². The minimum atomic E-state index is -4.58. The van der Waals surface area contributed by atoms with E-state index in [-0.39, 0.29) is 11.3 Å². The van der Waals surface area contributed by atoms with Gasteiger partial charge in [0.15, 0.2) is 11.2 Å². The predicted molar refractivity (Wildman–Crippen MR) is 122 cm³/mol. The summed E-state index contributed by atoms with van der Waals surface area (Å²) in [6, 6.07) is 7.82. The number of ether oxygens (including phenoxy) is 2. The molecule has 2 aromatic carbocycles. The summed E-state index contributed by atoms with van der Waals surface area (Å²) >= 11 is 1.20. The number of morpholine rings is 1. The number of thiazole rings is 1. The molecule has 1 aliphatic heterocycles. The number of hydrogen-bond donors (Lipinski definition) is 2. The molecule has 4 rings (SSSR count). The largest absolute Gasteiger partial charge is 0.449 e. The standard InChI is InChI=1S/C22H21F3N4O4S/c1-12(33-20(31)13-2-4-15-18(10-13)34-21(26)28-15)19(30)27-16-11-14(22(23,24)25)3-5-17(16)29-6-8-32-9-7-29/h2-5,10-12H,6-9H2,1H3,(H2,26,28)(H,27,30). The minimum Gasteiger partial charge on any atom is -0.449 e. The first-order chi connectivity index (χ1) is 16.1. The van der Waals surface area contributed by atoms with E-state index in [1.165, 1.54) is 30.4 Å². The molecule has 1 aromatic heterocycles. The molecule has 0 saturated carbocycles. The van der Waals surface area contributed by atoms with Crippen molar-refractivity contribution in [2.75, 3.05) is 42.3 Å². The van der Waals surface area contributed by atoms with Crippen LogP contribution in [0.2, 0.25) is 0 Å². The Hall–Kier alpha value is -3.38. The van der Waals surface area contributed by atoms with Gasteiger partial charge in [-0.1, -0.05) is 11.3 Å². The second-order valence-electron chi connectivity index (χ2n) is 7.60. The molecule has 0 spiro atoms. The smallest absolute Gasteiger partial charge is 0.416 e. The Kier molecular flexibility index (Phi) is 6.62. The second kappa shape index (κ2) is 9.47. The molecule has 1 atom stereocenters. The molecule has 3 aromatic rings. The number of nitrogen functional groups attached to an aromatic ring is 1. The second-order valence-corrected chi connectivity index (χ2v) is 8.66. The number of anilines is 3. The first kappa shape index (κ1) is 23.8. The Bertz CT molecular complexity index is 1220. The zero-order chi connectivity index (χ0) is 24.5. The number of aromatic nitrogens is 1. The number of halogens is 3. The summed E-state index contributed by atoms with van der Waals surface area (Å²) in [7, 11) is 0. The molecular weight excluding hydrogens is 473 g/mol. The molecule has 0 aliphatic carbocycles. The molecule has 0 bridgehead atoms. The van der Waals surface area contributed by atoms with Crippen molar-refractivity contribution >= 4 is 49.9 Å². The molecule has 1 unspecified atom stereocenters. The molecule has 0 radical (unpaired) electrons. The van der Waals surface area contributed by atoms with Crippen LogP contribution in [0.5, 0.6) is 0 Å². The third-order valence-corrected chi connectivity index (χ3v) is 6.07. The van der Waals surface area contributed by atoms with E-state index >= 15 is 0 Å². The number of amides is 1. The number of alkyl halides is 3. The molecule has 1 saturated heterocycles. The number of carbonyl (C=O) groups excluding carboxylic acids is 2. The number of rotatable bonds is 5. The predicted octanol–water partition coefficient (Wildman–Crippen LogP) is 3.92. The average molecular weight is 494 g/mol. The van der Waals surface area contributed by atoms with Crippen LogP contribution in [-0.4, -0.2) is 49.3 Å². The summed E-state index contributed by atoms with van der Waals surface area (Å²) in [6.07, 6.45) is -5.85. The lowest BCUT2D eigenvalue weighted by molar-refractivity contribution is -0.137. The number of hydrogen-bond acceptors (Lipinski definition) is 8. The monoisotopic (exact) mass is 494 g/mol. The first-order valence-corrected chi connectivity index (χ1v) is 11.2. The fourth-order valence-corrected chi connectivity index (χ4v) is 4.25. The van der Waals surface area contributed by atoms with Gasteiger partial charge in [-0.25, -0.2) is 9.78 Å². The van der Waals surface area contributed by atoms with Crippen molar-refractivity contribution in [3.8, 4) is 0 Å². The van der Waals surface area contributed by atoms with Crippen LogP contribution in [0, 0.1) is 0 Å². The van der Waals surface area contributed by atoms with Crippen molar-refractivity contribution in [2.45, 2.75) is 19.2 Å². The van der Waals surface area contributed by atoms with Gasteiger partial charge in [-0.3, -0.25) is 4.79 Å². The van der Waals surface area contributed by atoms with Crippen LogP contribution in [-0.2, 0) is 20.4 Å². The first-order valence-electron chi connectivity index (χ1n) is 10.3. The highest BCUT2D eigenvalue weighted by molar-refractivity contribution is 7.22. The van der Waals surface area contributed by atoms with Crippen molar-refractivity contribution in [1.82, 2.24) is 4.98 Å². The summed E-state index contributed by atoms with van der Waals surface area (Å²) < 4.78 is 51.1. The molecule has 180 valence electrons. The minimum absolute atomic E-state index is 0.0221. The highest BCUT2D eigenvalue weighted by Crippen LogP contribution is 2.36. The Morgan fingerprint density at radius 3 is 2.65 bits per heavy atom. The summed E-state index contributed by atoms with van der Waals surface area (Å²) in [5.41, 5.74) is 6.00. The van der Waals surface area contributed by atoms with Gasteiger partial charge in [-0.15, -0.1) is 0 Å². The summed E-state index contributed by atoms with van der Waals surface area (Å²) in [6.45, 7) is 3.10. The molecule has 1 fully saturated rings. The number of nitrogens with zero attached hydrogens (tertiary/aromatic N) is 2. The maximum Gasteiger partial charge on any atom is 0.416 e. The maximum atomic E-state index is 13.3. The SMILES string of the molecule is CC(OC(=O)c1ccc2nc(N)sc2c1)C(=O)Nc1cc(C(F)(F)F)ccc1N1CCOCC1. The molecule has 34 heavy (non-hydrogen) atoms. The van der Waals surface area contributed by atoms with Crippen LogP contribution in [0.1, 0.15) is 22.8 Å². The van der Waals surface area contributed by atoms with Gasteiger partial charge in [0.05, 0.1) is 45.9 Å². The van der Waals surface area contributed by atoms with E-state index < -0.39 is 29.7 Å². The molecule has 8 nitrogen and oxygen atoms in total. The van der Waals surface area contributed by atoms with E-state index in [0.29, 0.717) is 47.3 Å². The Labute approximate surface area is 196 Å². The van der Waals surface area contributed by atoms with E-state index in [9.17, 15) is 22.8 Å². The van der Waals surface area contributed by atoms with Crippen molar-refractivity contribution in [1.29, 1.82) is 0 Å². The van der Waals surface area contributed by atoms with E-state index in [1.807, 2.05) is 4.90 Å². The zero-order valence-corrected chi connectivity index (χ0v) is 18.8. The van der Waals surface area contributed by atoms with Gasteiger partial charge in [0.1, 0.15) is 0 Å². The van der Waals surface area contributed by atoms with Gasteiger partial charge in [-0.05, 0) is 43.3 Å². The fraction of sp³-hybridized carbons (Fsp3) is 0.318. The third-order valence-electron chi connectivity index (χ3n) is 5.23. The molecular formula is C22H21F3N4O4S. The molecule has 12 heteroatoms. The van der Waals surface area contributed by atoms with Crippen molar-refractivity contribution < 1.29 is 32.2 Å². The van der Waals surface area contributed by atoms with E-state index in [2.05, 4.69) is 10.3 Å². The maximum absolute atomic E-state index is 13.3. The number of carbonyl (C=O) groups is 2. The number of benzene rings is 2. The lowest BCUT2D eigenvalue weighted by Crippen LogP contribution is -2.37. The lowest BCUT2D eigenvalue weighted by atomic mass is 10.1. The quantitative estimate of drug-likeness (QED) is 0.518. The molecule has 3 N–H and O–H groups in total. The Morgan fingerprint density at radius 2 is 1.94 bits per heavy atom. The van der Waals surface area contributed by atoms with Crippen LogP contribution in [0.3, 0.4) is 0 Å². The van der Waals surface area contributed by atoms with E-state index in [0.717, 1.165) is 12.1 Å². The van der Waals surface area contributed by atoms with E-state index in [4.69, 9.17) is 15.2 Å². The van der Waals surface area contributed by atoms with Gasteiger partial charge in [-0.2, -0.15) is 13.2 Å². The van der Waals surface area contributed by atoms with Gasteiger partial charge in [0.25, 0.3) is 5.91 Å². The van der Waals surface area contributed by atoms with E-state index in [1.54, 1.807) is 12.1 Å². The van der Waals surface area contributed by atoms with Crippen molar-refractivity contribution in [3.63, 3.8) is 0 Å². The van der Waals surface area contributed by atoms with Gasteiger partial charge >= 0.3 is 12.1 Å². The van der Waals surface area contributed by atoms with Gasteiger partial charge in [0, 0.05) is 13.1 Å². The van der Waals surface area contributed by atoms with Crippen LogP contribution < -0.4 is 16.0 Å². The van der Waals surface area contributed by atoms with Crippen LogP contribution in [0.25, 0.3) is 10.2 Å². The van der Waals surface area contributed by atoms with Crippen LogP contribution in [0.4, 0.5) is 29.7 Å². The molecule has 2 heterocycles. The summed E-state index contributed by atoms with van der Waals surface area (Å²) in [4.78, 5) is 31.2. The Morgan fingerprint density at radius 1 is 1.21 bits per heavy atom. The number of nitrogens with one attached hydrogen (secondary N) is 1. The molecule has 1 aliphatic rings. The summed E-state index contributed by atoms with van der Waals surface area (Å²) in [5, 5.41) is 2.84. The van der Waals surface area contributed by atoms with Crippen LogP contribution >= 0.6 is 11.3 Å². The zero-order valence-electron chi connectivity index (χ0n) is 18.0. The molecule has 1 amide bonds. The fourth-order valence-electron chi connectivity index (χ4n) is 3.48. The van der Waals surface area contributed by atoms with Gasteiger partial charge < -0.3 is 25.4 Å². The lowest BCUT2D eigenvalue weighted by Gasteiger charge is -2.31. The van der Waals surface area contributed by atoms with Crippen molar-refractivity contribution in [3.05, 3.63) is 47.5 Å². The average Bonchev–Trinajstić information content (AvgIpc) is 3.18. The number of esters is 1. The van der Waals surface area contributed by atoms with Gasteiger partial charge in [0.2, 0.25) is 0 Å². The highest BCUT2D eigenvalue weighted by Gasteiger charge is 2.32. The van der Waals surface area contributed by atoms with Crippen molar-refractivity contribution in [2.24, 2.45) is 0 Å². The number of nitrogens with two attached hydrogens (primary N) is 1. The topological polar surface area (TPSA) is 107 Å². The normalized spacial score (nSPS) is 15.2. The summed E-state index contributed by atoms with van der Waals surface area (Å²) in [5.74, 6) is -1.51.